The number of aromatic nitrogens is 2. The Bertz CT molecular complexity index is 1250. The molecular weight excluding hydrogens is 454 g/mol. The van der Waals surface area contributed by atoms with Crippen molar-refractivity contribution in [2.75, 3.05) is 11.9 Å². The van der Waals surface area contributed by atoms with Gasteiger partial charge in [0.05, 0.1) is 11.8 Å². The predicted octanol–water partition coefficient (Wildman–Crippen LogP) is 6.89. The summed E-state index contributed by atoms with van der Waals surface area (Å²) in [5, 5.41) is 2.71. The van der Waals surface area contributed by atoms with E-state index in [9.17, 15) is 4.79 Å². The van der Waals surface area contributed by atoms with Gasteiger partial charge in [-0.1, -0.05) is 61.5 Å². The van der Waals surface area contributed by atoms with Crippen LogP contribution in [-0.2, 0) is 11.2 Å². The minimum absolute atomic E-state index is 0.0776. The second-order valence-corrected chi connectivity index (χ2v) is 9.64. The topological polar surface area (TPSA) is 55.3 Å². The predicted molar refractivity (Wildman–Crippen MR) is 144 cm³/mol. The molecule has 0 unspecified atom stereocenters. The minimum atomic E-state index is -0.0836. The molecule has 2 aromatic carbocycles. The van der Waals surface area contributed by atoms with E-state index in [4.69, 9.17) is 9.72 Å². The lowest BCUT2D eigenvalue weighted by Crippen LogP contribution is -2.33. The molecule has 35 heavy (non-hydrogen) atoms. The number of anilines is 1. The number of thiazole rings is 1. The summed E-state index contributed by atoms with van der Waals surface area (Å²) in [5.74, 6) is 0.619. The normalized spacial score (nSPS) is 11.9. The average Bonchev–Trinajstić information content (AvgIpc) is 3.37. The van der Waals surface area contributed by atoms with E-state index in [1.165, 1.54) is 16.9 Å². The van der Waals surface area contributed by atoms with Crippen molar-refractivity contribution < 1.29 is 9.53 Å². The summed E-state index contributed by atoms with van der Waals surface area (Å²) in [4.78, 5) is 24.3. The zero-order chi connectivity index (χ0) is 24.8. The van der Waals surface area contributed by atoms with Crippen LogP contribution in [0.5, 0.6) is 5.88 Å². The van der Waals surface area contributed by atoms with Gasteiger partial charge >= 0.3 is 0 Å². The molecule has 0 aliphatic heterocycles. The number of ether oxygens (including phenoxy) is 1. The lowest BCUT2D eigenvalue weighted by atomic mass is 9.96. The van der Waals surface area contributed by atoms with Crippen LogP contribution in [0.4, 0.5) is 5.13 Å². The molecular formula is C29H31N3O2S. The van der Waals surface area contributed by atoms with Gasteiger partial charge in [-0.3, -0.25) is 9.69 Å². The van der Waals surface area contributed by atoms with Crippen LogP contribution in [0.15, 0.2) is 78.3 Å². The highest BCUT2D eigenvalue weighted by atomic mass is 32.1. The number of hydrogen-bond acceptors (Lipinski definition) is 5. The first kappa shape index (κ1) is 24.6. The smallest absolute Gasteiger partial charge is 0.231 e. The van der Waals surface area contributed by atoms with E-state index in [1.54, 1.807) is 4.90 Å². The first-order valence-electron chi connectivity index (χ1n) is 12.0. The molecule has 0 radical (unpaired) electrons. The molecule has 0 aliphatic rings. The average molecular weight is 486 g/mol. The molecule has 0 saturated heterocycles. The summed E-state index contributed by atoms with van der Waals surface area (Å²) in [6.07, 6.45) is 3.41. The summed E-state index contributed by atoms with van der Waals surface area (Å²) in [7, 11) is 1.82. The molecule has 0 saturated carbocycles. The largest absolute Gasteiger partial charge is 0.475 e. The van der Waals surface area contributed by atoms with Crippen LogP contribution in [0.25, 0.3) is 22.4 Å². The third kappa shape index (κ3) is 5.95. The highest BCUT2D eigenvalue weighted by molar-refractivity contribution is 7.14. The van der Waals surface area contributed by atoms with Crippen LogP contribution in [0, 0.1) is 5.92 Å². The highest BCUT2D eigenvalue weighted by Crippen LogP contribution is 2.35. The third-order valence-electron chi connectivity index (χ3n) is 5.88. The molecule has 2 aromatic heterocycles. The Morgan fingerprint density at radius 1 is 1.00 bits per heavy atom. The fourth-order valence-corrected chi connectivity index (χ4v) is 4.82. The van der Waals surface area contributed by atoms with Gasteiger partial charge in [0, 0.05) is 41.7 Å². The van der Waals surface area contributed by atoms with Crippen molar-refractivity contribution in [2.45, 2.75) is 39.7 Å². The Labute approximate surface area is 211 Å². The number of carbonyl (C=O) groups is 1. The van der Waals surface area contributed by atoms with E-state index >= 15 is 0 Å². The molecule has 0 aliphatic carbocycles. The molecule has 0 bridgehead atoms. The van der Waals surface area contributed by atoms with Crippen molar-refractivity contribution in [3.63, 3.8) is 0 Å². The Kier molecular flexibility index (Phi) is 7.93. The number of carbonyl (C=O) groups excluding carboxylic acids is 1. The van der Waals surface area contributed by atoms with Crippen molar-refractivity contribution in [1.82, 2.24) is 9.97 Å². The SMILES string of the molecule is CC[C@H](Cc1ccccc1)C(=O)N(C)c1nc(-c2ccccc2-c2ccc(OC(C)C)nc2)cs1. The first-order valence-corrected chi connectivity index (χ1v) is 12.8. The van der Waals surface area contributed by atoms with Crippen LogP contribution in [-0.4, -0.2) is 29.0 Å². The molecule has 2 heterocycles. The summed E-state index contributed by atoms with van der Waals surface area (Å²) >= 11 is 1.49. The maximum absolute atomic E-state index is 13.3. The zero-order valence-corrected chi connectivity index (χ0v) is 21.5. The van der Waals surface area contributed by atoms with Gasteiger partial charge in [0.15, 0.2) is 5.13 Å². The Hall–Kier alpha value is -3.51. The Morgan fingerprint density at radius 2 is 1.71 bits per heavy atom. The van der Waals surface area contributed by atoms with Crippen LogP contribution in [0.3, 0.4) is 0 Å². The summed E-state index contributed by atoms with van der Waals surface area (Å²) in [6.45, 7) is 6.03. The molecule has 4 aromatic rings. The van der Waals surface area contributed by atoms with Gasteiger partial charge in [-0.2, -0.15) is 0 Å². The number of rotatable bonds is 9. The Morgan fingerprint density at radius 3 is 2.37 bits per heavy atom. The van der Waals surface area contributed by atoms with Crippen LogP contribution >= 0.6 is 11.3 Å². The number of hydrogen-bond donors (Lipinski definition) is 0. The van der Waals surface area contributed by atoms with E-state index in [2.05, 4.69) is 36.2 Å². The van der Waals surface area contributed by atoms with Gasteiger partial charge in [-0.15, -0.1) is 11.3 Å². The molecule has 0 N–H and O–H groups in total. The van der Waals surface area contributed by atoms with Gasteiger partial charge in [0.1, 0.15) is 0 Å². The lowest BCUT2D eigenvalue weighted by molar-refractivity contribution is -0.122. The van der Waals surface area contributed by atoms with E-state index in [0.717, 1.165) is 35.2 Å². The fraction of sp³-hybridized carbons (Fsp3) is 0.276. The first-order chi connectivity index (χ1) is 17.0. The van der Waals surface area contributed by atoms with Crippen LogP contribution in [0.1, 0.15) is 32.8 Å². The van der Waals surface area contributed by atoms with Crippen molar-refractivity contribution in [3.8, 4) is 28.3 Å². The monoisotopic (exact) mass is 485 g/mol. The second kappa shape index (κ2) is 11.3. The van der Waals surface area contributed by atoms with E-state index < -0.39 is 0 Å². The Balaban J connectivity index is 1.55. The molecule has 180 valence electrons. The van der Waals surface area contributed by atoms with Crippen molar-refractivity contribution in [1.29, 1.82) is 0 Å². The standard InChI is InChI=1S/C29H31N3O2S/c1-5-22(17-21-11-7-6-8-12-21)28(33)32(4)29-31-26(19-35-29)25-14-10-9-13-24(25)23-15-16-27(30-18-23)34-20(2)3/h6-16,18-20,22H,5,17H2,1-4H3/t22-/m1/s1. The van der Waals surface area contributed by atoms with Crippen LogP contribution in [0.2, 0.25) is 0 Å². The highest BCUT2D eigenvalue weighted by Gasteiger charge is 2.24. The minimum Gasteiger partial charge on any atom is -0.475 e. The number of pyridine rings is 1. The molecule has 4 rings (SSSR count). The maximum Gasteiger partial charge on any atom is 0.231 e. The molecule has 5 nitrogen and oxygen atoms in total. The summed E-state index contributed by atoms with van der Waals surface area (Å²) in [6, 6.07) is 22.2. The van der Waals surface area contributed by atoms with Gasteiger partial charge in [-0.05, 0) is 43.9 Å². The number of nitrogens with zero attached hydrogens (tertiary/aromatic N) is 3. The van der Waals surface area contributed by atoms with Gasteiger partial charge < -0.3 is 4.74 Å². The van der Waals surface area contributed by atoms with Gasteiger partial charge in [0.25, 0.3) is 0 Å². The van der Waals surface area contributed by atoms with E-state index in [0.29, 0.717) is 11.0 Å². The molecule has 0 fully saturated rings. The maximum atomic E-state index is 13.3. The molecule has 1 atom stereocenters. The van der Waals surface area contributed by atoms with Gasteiger partial charge in [0.2, 0.25) is 11.8 Å². The number of amides is 1. The van der Waals surface area contributed by atoms with E-state index in [-0.39, 0.29) is 17.9 Å². The van der Waals surface area contributed by atoms with Crippen LogP contribution < -0.4 is 9.64 Å². The summed E-state index contributed by atoms with van der Waals surface area (Å²) in [5.41, 5.74) is 5.06. The molecule has 6 heteroatoms. The lowest BCUT2D eigenvalue weighted by Gasteiger charge is -2.21. The molecule has 0 spiro atoms. The van der Waals surface area contributed by atoms with Crippen molar-refractivity contribution in [2.24, 2.45) is 5.92 Å². The van der Waals surface area contributed by atoms with E-state index in [1.807, 2.05) is 74.9 Å². The zero-order valence-electron chi connectivity index (χ0n) is 20.6. The summed E-state index contributed by atoms with van der Waals surface area (Å²) < 4.78 is 5.68. The second-order valence-electron chi connectivity index (χ2n) is 8.80. The van der Waals surface area contributed by atoms with Gasteiger partial charge in [-0.25, -0.2) is 9.97 Å². The quantitative estimate of drug-likeness (QED) is 0.259. The molecule has 1 amide bonds. The third-order valence-corrected chi connectivity index (χ3v) is 6.80. The fourth-order valence-electron chi connectivity index (χ4n) is 4.02. The van der Waals surface area contributed by atoms with Crippen molar-refractivity contribution >= 4 is 22.4 Å². The number of benzene rings is 2. The van der Waals surface area contributed by atoms with Crippen molar-refractivity contribution in [3.05, 3.63) is 83.9 Å².